The first kappa shape index (κ1) is 18.9. The first-order valence-corrected chi connectivity index (χ1v) is 9.07. The van der Waals surface area contributed by atoms with E-state index in [9.17, 15) is 18.0 Å². The summed E-state index contributed by atoms with van der Waals surface area (Å²) in [5, 5.41) is 11.6. The number of hydrogen-bond donors (Lipinski definition) is 2. The molecule has 0 spiro atoms. The number of benzene rings is 1. The number of hydrogen-bond acceptors (Lipinski definition) is 4. The van der Waals surface area contributed by atoms with E-state index in [2.05, 4.69) is 11.9 Å². The van der Waals surface area contributed by atoms with E-state index < -0.39 is 27.8 Å². The molecule has 6 nitrogen and oxygen atoms in total. The van der Waals surface area contributed by atoms with Gasteiger partial charge in [-0.3, -0.25) is 4.79 Å². The highest BCUT2D eigenvalue weighted by molar-refractivity contribution is 7.90. The summed E-state index contributed by atoms with van der Waals surface area (Å²) in [7, 11) is -3.45. The van der Waals surface area contributed by atoms with Gasteiger partial charge in [0.15, 0.2) is 9.84 Å². The normalized spacial score (nSPS) is 12.4. The molecule has 0 aromatic heterocycles. The Kier molecular flexibility index (Phi) is 6.50. The minimum Gasteiger partial charge on any atom is -0.480 e. The quantitative estimate of drug-likeness (QED) is 0.703. The zero-order chi connectivity index (χ0) is 17.6. The second-order valence-electron chi connectivity index (χ2n) is 5.17. The van der Waals surface area contributed by atoms with Gasteiger partial charge in [-0.05, 0) is 37.0 Å². The van der Waals surface area contributed by atoms with Crippen molar-refractivity contribution in [3.63, 3.8) is 0 Å². The van der Waals surface area contributed by atoms with Gasteiger partial charge < -0.3 is 10.4 Å². The molecule has 23 heavy (non-hydrogen) atoms. The molecule has 1 aromatic rings. The molecule has 0 radical (unpaired) electrons. The molecule has 1 atom stereocenters. The molecule has 0 bridgehead atoms. The van der Waals surface area contributed by atoms with Gasteiger partial charge in [0, 0.05) is 11.8 Å². The maximum atomic E-state index is 12.4. The first-order chi connectivity index (χ1) is 10.7. The summed E-state index contributed by atoms with van der Waals surface area (Å²) in [5.74, 6) is -1.73. The summed E-state index contributed by atoms with van der Waals surface area (Å²) in [6.07, 6.45) is 3.82. The Bertz CT molecular complexity index is 709. The third-order valence-corrected chi connectivity index (χ3v) is 4.51. The van der Waals surface area contributed by atoms with Crippen molar-refractivity contribution in [2.75, 3.05) is 6.26 Å². The van der Waals surface area contributed by atoms with E-state index in [0.29, 0.717) is 18.4 Å². The number of allylic oxidation sites excluding steroid dienone is 1. The van der Waals surface area contributed by atoms with Crippen LogP contribution in [0, 0.1) is 0 Å². The molecule has 0 heterocycles. The number of carbonyl (C=O) groups is 2. The van der Waals surface area contributed by atoms with Crippen LogP contribution in [0.5, 0.6) is 0 Å². The van der Waals surface area contributed by atoms with E-state index in [-0.39, 0.29) is 16.9 Å². The molecule has 0 saturated carbocycles. The summed E-state index contributed by atoms with van der Waals surface area (Å²) in [6, 6.07) is 3.25. The summed E-state index contributed by atoms with van der Waals surface area (Å²) in [6.45, 7) is 5.35. The molecule has 0 fully saturated rings. The number of carboxylic acids is 1. The van der Waals surface area contributed by atoms with Crippen molar-refractivity contribution in [3.05, 3.63) is 42.0 Å². The van der Waals surface area contributed by atoms with Crippen LogP contribution in [-0.4, -0.2) is 37.7 Å². The molecule has 7 heteroatoms. The maximum Gasteiger partial charge on any atom is 0.326 e. The lowest BCUT2D eigenvalue weighted by Crippen LogP contribution is -2.41. The number of aliphatic carboxylic acids is 1. The van der Waals surface area contributed by atoms with Crippen molar-refractivity contribution in [3.8, 4) is 0 Å². The van der Waals surface area contributed by atoms with Gasteiger partial charge >= 0.3 is 5.97 Å². The molecule has 1 rings (SSSR count). The van der Waals surface area contributed by atoms with Crippen LogP contribution < -0.4 is 5.32 Å². The Hall–Kier alpha value is -2.15. The molecule has 0 aliphatic heterocycles. The minimum atomic E-state index is -3.45. The van der Waals surface area contributed by atoms with E-state index in [0.717, 1.165) is 6.26 Å². The Balaban J connectivity index is 3.14. The summed E-state index contributed by atoms with van der Waals surface area (Å²) < 4.78 is 23.3. The van der Waals surface area contributed by atoms with Gasteiger partial charge in [-0.15, -0.1) is 6.58 Å². The van der Waals surface area contributed by atoms with Crippen LogP contribution in [0.2, 0.25) is 0 Å². The fourth-order valence-electron chi connectivity index (χ4n) is 2.08. The lowest BCUT2D eigenvalue weighted by atomic mass is 10.0. The Labute approximate surface area is 136 Å². The fraction of sp³-hybridized carbons (Fsp3) is 0.375. The average Bonchev–Trinajstić information content (AvgIpc) is 2.49. The number of carbonyl (C=O) groups excluding carboxylic acids is 1. The highest BCUT2D eigenvalue weighted by atomic mass is 32.2. The summed E-state index contributed by atoms with van der Waals surface area (Å²) in [4.78, 5) is 23.6. The molecule has 1 amide bonds. The SMILES string of the molecule is C=CCCC(NC(=O)c1cc(S(C)(=O)=O)ccc1CC)C(=O)O. The maximum absolute atomic E-state index is 12.4. The van der Waals surface area contributed by atoms with Crippen molar-refractivity contribution in [1.29, 1.82) is 0 Å². The van der Waals surface area contributed by atoms with Crippen LogP contribution in [0.3, 0.4) is 0 Å². The standard InChI is InChI=1S/C16H21NO5S/c1-4-6-7-14(16(19)20)17-15(18)13-10-12(23(3,21)22)9-8-11(13)5-2/h4,8-10,14H,1,5-7H2,2-3H3,(H,17,18)(H,19,20). The van der Waals surface area contributed by atoms with E-state index in [1.165, 1.54) is 12.1 Å². The van der Waals surface area contributed by atoms with E-state index >= 15 is 0 Å². The largest absolute Gasteiger partial charge is 0.480 e. The Morgan fingerprint density at radius 1 is 1.39 bits per heavy atom. The molecule has 0 aliphatic carbocycles. The van der Waals surface area contributed by atoms with Crippen LogP contribution >= 0.6 is 0 Å². The van der Waals surface area contributed by atoms with Crippen molar-refractivity contribution in [2.45, 2.75) is 37.1 Å². The number of rotatable bonds is 8. The third kappa shape index (κ3) is 5.21. The van der Waals surface area contributed by atoms with Crippen LogP contribution in [0.4, 0.5) is 0 Å². The Morgan fingerprint density at radius 3 is 2.52 bits per heavy atom. The van der Waals surface area contributed by atoms with E-state index in [1.54, 1.807) is 12.1 Å². The van der Waals surface area contributed by atoms with Gasteiger partial charge in [-0.1, -0.05) is 19.1 Å². The molecule has 2 N–H and O–H groups in total. The van der Waals surface area contributed by atoms with Gasteiger partial charge in [-0.2, -0.15) is 0 Å². The predicted molar refractivity (Wildman–Crippen MR) is 87.3 cm³/mol. The Morgan fingerprint density at radius 2 is 2.04 bits per heavy atom. The highest BCUT2D eigenvalue weighted by Crippen LogP contribution is 2.17. The van der Waals surface area contributed by atoms with Crippen molar-refractivity contribution < 1.29 is 23.1 Å². The first-order valence-electron chi connectivity index (χ1n) is 7.18. The highest BCUT2D eigenvalue weighted by Gasteiger charge is 2.22. The third-order valence-electron chi connectivity index (χ3n) is 3.40. The molecule has 0 aliphatic rings. The minimum absolute atomic E-state index is 0.0258. The van der Waals surface area contributed by atoms with Gasteiger partial charge in [0.2, 0.25) is 0 Å². The van der Waals surface area contributed by atoms with Crippen molar-refractivity contribution in [1.82, 2.24) is 5.32 Å². The fourth-order valence-corrected chi connectivity index (χ4v) is 2.73. The second kappa shape index (κ2) is 7.92. The monoisotopic (exact) mass is 339 g/mol. The van der Waals surface area contributed by atoms with Crippen molar-refractivity contribution in [2.24, 2.45) is 0 Å². The van der Waals surface area contributed by atoms with Crippen LogP contribution in [0.1, 0.15) is 35.7 Å². The van der Waals surface area contributed by atoms with Gasteiger partial charge in [0.1, 0.15) is 6.04 Å². The van der Waals surface area contributed by atoms with Crippen LogP contribution in [0.25, 0.3) is 0 Å². The molecule has 126 valence electrons. The summed E-state index contributed by atoms with van der Waals surface area (Å²) in [5.41, 5.74) is 0.836. The van der Waals surface area contributed by atoms with Gasteiger partial charge in [0.25, 0.3) is 5.91 Å². The number of nitrogens with one attached hydrogen (secondary N) is 1. The van der Waals surface area contributed by atoms with E-state index in [4.69, 9.17) is 5.11 Å². The van der Waals surface area contributed by atoms with Crippen LogP contribution in [-0.2, 0) is 21.1 Å². The number of sulfone groups is 1. The van der Waals surface area contributed by atoms with Crippen molar-refractivity contribution >= 4 is 21.7 Å². The number of aryl methyl sites for hydroxylation is 1. The smallest absolute Gasteiger partial charge is 0.326 e. The van der Waals surface area contributed by atoms with Gasteiger partial charge in [0.05, 0.1) is 4.90 Å². The predicted octanol–water partition coefficient (Wildman–Crippen LogP) is 1.80. The van der Waals surface area contributed by atoms with Crippen LogP contribution in [0.15, 0.2) is 35.7 Å². The number of carboxylic acid groups (broad SMARTS) is 1. The zero-order valence-electron chi connectivity index (χ0n) is 13.2. The second-order valence-corrected chi connectivity index (χ2v) is 7.19. The topological polar surface area (TPSA) is 101 Å². The number of amides is 1. The molecule has 0 saturated heterocycles. The van der Waals surface area contributed by atoms with Gasteiger partial charge in [-0.25, -0.2) is 13.2 Å². The lowest BCUT2D eigenvalue weighted by Gasteiger charge is -2.16. The molecule has 1 aromatic carbocycles. The lowest BCUT2D eigenvalue weighted by molar-refractivity contribution is -0.139. The average molecular weight is 339 g/mol. The van der Waals surface area contributed by atoms with E-state index in [1.807, 2.05) is 6.92 Å². The molecular weight excluding hydrogens is 318 g/mol. The zero-order valence-corrected chi connectivity index (χ0v) is 14.0. The molecule has 1 unspecified atom stereocenters. The molecular formula is C16H21NO5S. The summed E-state index contributed by atoms with van der Waals surface area (Å²) >= 11 is 0.